The molecule has 5 nitrogen and oxygen atoms in total. The Morgan fingerprint density at radius 2 is 1.22 bits per heavy atom. The van der Waals surface area contributed by atoms with Crippen molar-refractivity contribution in [3.63, 3.8) is 0 Å². The summed E-state index contributed by atoms with van der Waals surface area (Å²) < 4.78 is 6.62. The van der Waals surface area contributed by atoms with E-state index < -0.39 is 17.6 Å². The Morgan fingerprint density at radius 3 is 1.73 bits per heavy atom. The normalized spacial score (nSPS) is 13.0. The number of aromatic nitrogens is 3. The Labute approximate surface area is 268 Å². The second kappa shape index (κ2) is 13.7. The van der Waals surface area contributed by atoms with Gasteiger partial charge in [0.05, 0.1) is 6.10 Å². The van der Waals surface area contributed by atoms with Gasteiger partial charge in [0.1, 0.15) is 11.9 Å². The summed E-state index contributed by atoms with van der Waals surface area (Å²) in [4.78, 5) is 14.9. The van der Waals surface area contributed by atoms with Crippen molar-refractivity contribution >= 4 is 0 Å². The zero-order valence-corrected chi connectivity index (χ0v) is 27.6. The summed E-state index contributed by atoms with van der Waals surface area (Å²) in [5, 5.41) is 11.3. The van der Waals surface area contributed by atoms with Crippen molar-refractivity contribution in [1.82, 2.24) is 15.0 Å². The minimum atomic E-state index is -0.607. The molecule has 0 aliphatic carbocycles. The molecule has 45 heavy (non-hydrogen) atoms. The summed E-state index contributed by atoms with van der Waals surface area (Å²) in [6.07, 6.45) is 1.61. The van der Waals surface area contributed by atoms with Crippen molar-refractivity contribution in [3.05, 3.63) is 119 Å². The van der Waals surface area contributed by atoms with Gasteiger partial charge in [-0.05, 0) is 75.1 Å². The van der Waals surface area contributed by atoms with Crippen LogP contribution in [-0.4, -0.2) is 32.3 Å². The van der Waals surface area contributed by atoms with Crippen molar-refractivity contribution in [1.29, 1.82) is 0 Å². The lowest BCUT2D eigenvalue weighted by atomic mass is 9.76. The summed E-state index contributed by atoms with van der Waals surface area (Å²) in [5.74, 6) is 2.60. The van der Waals surface area contributed by atoms with E-state index in [0.29, 0.717) is 29.6 Å². The van der Waals surface area contributed by atoms with Gasteiger partial charge in [-0.25, -0.2) is 15.0 Å². The maximum Gasteiger partial charge on any atom is 0.164 e. The second-order valence-electron chi connectivity index (χ2n) is 12.8. The fourth-order valence-electron chi connectivity index (χ4n) is 6.01. The number of benzene rings is 4. The standard InChI is InChI=1S/C40H45N3O2/c1-8-9-15-35(44)36(40(6,7)31-13-11-10-12-14-31)45-32-20-18-30(19-21-32)37-41-38(33-22-16-26(2)24-28(33)4)43-39(42-37)34-23-17-27(3)25-29(34)5/h10-14,16-25,35-36,44H,8-9,15H2,1-7H3. The first-order valence-corrected chi connectivity index (χ1v) is 16.0. The first kappa shape index (κ1) is 32.1. The molecule has 5 rings (SSSR count). The molecule has 0 saturated carbocycles. The van der Waals surface area contributed by atoms with E-state index in [1.165, 1.54) is 11.1 Å². The van der Waals surface area contributed by atoms with E-state index in [1.807, 2.05) is 42.5 Å². The highest BCUT2D eigenvalue weighted by Gasteiger charge is 2.38. The van der Waals surface area contributed by atoms with Crippen LogP contribution in [0.15, 0.2) is 91.0 Å². The van der Waals surface area contributed by atoms with Crippen LogP contribution in [0.4, 0.5) is 0 Å². The number of aliphatic hydroxyl groups is 1. The van der Waals surface area contributed by atoms with E-state index in [9.17, 15) is 5.11 Å². The summed E-state index contributed by atoms with van der Waals surface area (Å²) in [6.45, 7) is 14.8. The third kappa shape index (κ3) is 7.32. The van der Waals surface area contributed by atoms with E-state index in [1.54, 1.807) is 0 Å². The van der Waals surface area contributed by atoms with Gasteiger partial charge >= 0.3 is 0 Å². The first-order chi connectivity index (χ1) is 21.6. The van der Waals surface area contributed by atoms with Crippen LogP contribution in [0.2, 0.25) is 0 Å². The second-order valence-corrected chi connectivity index (χ2v) is 12.8. The predicted octanol–water partition coefficient (Wildman–Crippen LogP) is 9.38. The van der Waals surface area contributed by atoms with E-state index in [4.69, 9.17) is 19.7 Å². The number of ether oxygens (including phenoxy) is 1. The molecule has 0 saturated heterocycles. The SMILES string of the molecule is CCCCC(O)C(Oc1ccc(-c2nc(-c3ccc(C)cc3C)nc(-c3ccc(C)cc3C)n2)cc1)C(C)(C)c1ccccc1. The lowest BCUT2D eigenvalue weighted by Crippen LogP contribution is -2.46. The Morgan fingerprint density at radius 1 is 0.689 bits per heavy atom. The number of nitrogens with zero attached hydrogens (tertiary/aromatic N) is 3. The van der Waals surface area contributed by atoms with Crippen LogP contribution in [0.1, 0.15) is 67.9 Å². The summed E-state index contributed by atoms with van der Waals surface area (Å²) in [6, 6.07) is 30.9. The molecule has 0 amide bonds. The molecule has 0 aliphatic heterocycles. The number of hydrogen-bond donors (Lipinski definition) is 1. The van der Waals surface area contributed by atoms with E-state index in [2.05, 4.69) is 97.0 Å². The molecule has 0 spiro atoms. The first-order valence-electron chi connectivity index (χ1n) is 16.0. The van der Waals surface area contributed by atoms with Gasteiger partial charge in [-0.3, -0.25) is 0 Å². The monoisotopic (exact) mass is 599 g/mol. The Balaban J connectivity index is 1.52. The number of aryl methyl sites for hydroxylation is 4. The topological polar surface area (TPSA) is 68.1 Å². The lowest BCUT2D eigenvalue weighted by Gasteiger charge is -2.38. The average molecular weight is 600 g/mol. The molecule has 2 unspecified atom stereocenters. The summed E-state index contributed by atoms with van der Waals surface area (Å²) in [7, 11) is 0. The molecule has 1 N–H and O–H groups in total. The zero-order valence-electron chi connectivity index (χ0n) is 27.6. The van der Waals surface area contributed by atoms with Gasteiger partial charge < -0.3 is 9.84 Å². The van der Waals surface area contributed by atoms with Gasteiger partial charge in [0, 0.05) is 22.1 Å². The van der Waals surface area contributed by atoms with Crippen molar-refractivity contribution < 1.29 is 9.84 Å². The molecule has 0 aliphatic rings. The highest BCUT2D eigenvalue weighted by Crippen LogP contribution is 2.35. The fraction of sp³-hybridized carbons (Fsp3) is 0.325. The molecule has 1 aromatic heterocycles. The Hall–Kier alpha value is -4.35. The summed E-state index contributed by atoms with van der Waals surface area (Å²) >= 11 is 0. The molecule has 1 heterocycles. The maximum absolute atomic E-state index is 11.3. The van der Waals surface area contributed by atoms with Crippen molar-refractivity contribution in [2.75, 3.05) is 0 Å². The maximum atomic E-state index is 11.3. The number of hydrogen-bond acceptors (Lipinski definition) is 5. The van der Waals surface area contributed by atoms with Gasteiger partial charge in [0.2, 0.25) is 0 Å². The van der Waals surface area contributed by atoms with Crippen LogP contribution in [0.25, 0.3) is 34.2 Å². The average Bonchev–Trinajstić information content (AvgIpc) is 3.03. The van der Waals surface area contributed by atoms with Crippen molar-refractivity contribution in [2.45, 2.75) is 85.4 Å². The van der Waals surface area contributed by atoms with E-state index in [-0.39, 0.29) is 0 Å². The van der Waals surface area contributed by atoms with Gasteiger partial charge in [-0.15, -0.1) is 0 Å². The molecular weight excluding hydrogens is 554 g/mol. The number of unbranched alkanes of at least 4 members (excludes halogenated alkanes) is 1. The third-order valence-electron chi connectivity index (χ3n) is 8.69. The van der Waals surface area contributed by atoms with E-state index >= 15 is 0 Å². The zero-order chi connectivity index (χ0) is 32.1. The molecule has 0 fully saturated rings. The molecule has 0 radical (unpaired) electrons. The highest BCUT2D eigenvalue weighted by molar-refractivity contribution is 5.70. The molecule has 0 bridgehead atoms. The van der Waals surface area contributed by atoms with Gasteiger partial charge in [0.25, 0.3) is 0 Å². The van der Waals surface area contributed by atoms with Crippen LogP contribution in [-0.2, 0) is 5.41 Å². The Bertz CT molecular complexity index is 1680. The summed E-state index contributed by atoms with van der Waals surface area (Å²) in [5.41, 5.74) is 8.20. The van der Waals surface area contributed by atoms with Crippen LogP contribution in [0.5, 0.6) is 5.75 Å². The Kier molecular flexibility index (Phi) is 9.79. The smallest absolute Gasteiger partial charge is 0.164 e. The lowest BCUT2D eigenvalue weighted by molar-refractivity contribution is -0.00994. The molecule has 232 valence electrons. The van der Waals surface area contributed by atoms with Gasteiger partial charge in [-0.1, -0.05) is 111 Å². The van der Waals surface area contributed by atoms with Gasteiger partial charge in [0.15, 0.2) is 17.5 Å². The third-order valence-corrected chi connectivity index (χ3v) is 8.69. The molecule has 4 aromatic carbocycles. The number of aliphatic hydroxyl groups excluding tert-OH is 1. The van der Waals surface area contributed by atoms with Crippen LogP contribution in [0.3, 0.4) is 0 Å². The van der Waals surface area contributed by atoms with Crippen molar-refractivity contribution in [3.8, 4) is 39.9 Å². The number of rotatable bonds is 11. The minimum absolute atomic E-state index is 0.414. The van der Waals surface area contributed by atoms with Crippen LogP contribution >= 0.6 is 0 Å². The molecular formula is C40H45N3O2. The molecule has 5 aromatic rings. The van der Waals surface area contributed by atoms with Crippen LogP contribution < -0.4 is 4.74 Å². The minimum Gasteiger partial charge on any atom is -0.487 e. The van der Waals surface area contributed by atoms with E-state index in [0.717, 1.165) is 46.2 Å². The van der Waals surface area contributed by atoms with Crippen molar-refractivity contribution in [2.24, 2.45) is 0 Å². The predicted molar refractivity (Wildman–Crippen MR) is 184 cm³/mol. The highest BCUT2D eigenvalue weighted by atomic mass is 16.5. The molecule has 5 heteroatoms. The molecule has 2 atom stereocenters. The van der Waals surface area contributed by atoms with Crippen LogP contribution in [0, 0.1) is 27.7 Å². The fourth-order valence-corrected chi connectivity index (χ4v) is 6.01. The largest absolute Gasteiger partial charge is 0.487 e. The quantitative estimate of drug-likeness (QED) is 0.164. The van der Waals surface area contributed by atoms with Gasteiger partial charge in [-0.2, -0.15) is 0 Å².